The molecule has 1 unspecified atom stereocenters. The van der Waals surface area contributed by atoms with Crippen molar-refractivity contribution in [2.75, 3.05) is 27.2 Å². The first-order valence-corrected chi connectivity index (χ1v) is 7.70. The van der Waals surface area contributed by atoms with Crippen molar-refractivity contribution < 1.29 is 9.59 Å². The van der Waals surface area contributed by atoms with Crippen LogP contribution >= 0.6 is 0 Å². The third kappa shape index (κ3) is 10.9. The van der Waals surface area contributed by atoms with Gasteiger partial charge in [-0.25, -0.2) is 0 Å². The third-order valence-corrected chi connectivity index (χ3v) is 3.33. The van der Waals surface area contributed by atoms with Crippen LogP contribution in [0.15, 0.2) is 0 Å². The number of hydrogen-bond acceptors (Lipinski definition) is 4. The van der Waals surface area contributed by atoms with Crippen molar-refractivity contribution in [3.63, 3.8) is 0 Å². The summed E-state index contributed by atoms with van der Waals surface area (Å²) in [5, 5.41) is 9.02. The van der Waals surface area contributed by atoms with E-state index in [9.17, 15) is 9.59 Å². The fourth-order valence-corrected chi connectivity index (χ4v) is 2.06. The molecular formula is C15H31N3O2. The first kappa shape index (κ1) is 19.1. The molecule has 1 amide bonds. The summed E-state index contributed by atoms with van der Waals surface area (Å²) in [5.74, 6) is 0.0567. The van der Waals surface area contributed by atoms with Crippen molar-refractivity contribution in [1.82, 2.24) is 16.0 Å². The minimum atomic E-state index is -0.309. The van der Waals surface area contributed by atoms with Crippen LogP contribution in [0.4, 0.5) is 0 Å². The maximum absolute atomic E-state index is 11.8. The van der Waals surface area contributed by atoms with Gasteiger partial charge in [0.1, 0.15) is 0 Å². The lowest BCUT2D eigenvalue weighted by Crippen LogP contribution is -2.39. The molecule has 5 heteroatoms. The van der Waals surface area contributed by atoms with Crippen LogP contribution < -0.4 is 16.0 Å². The first-order chi connectivity index (χ1) is 9.61. The van der Waals surface area contributed by atoms with E-state index in [1.807, 2.05) is 14.1 Å². The van der Waals surface area contributed by atoms with E-state index < -0.39 is 0 Å². The zero-order valence-corrected chi connectivity index (χ0v) is 13.3. The summed E-state index contributed by atoms with van der Waals surface area (Å²) in [6.45, 7) is 3.49. The minimum Gasteiger partial charge on any atom is -0.346 e. The highest BCUT2D eigenvalue weighted by molar-refractivity contribution is 5.87. The Morgan fingerprint density at radius 1 is 0.900 bits per heavy atom. The van der Waals surface area contributed by atoms with Crippen LogP contribution in [0.2, 0.25) is 0 Å². The largest absolute Gasteiger partial charge is 0.346 e. The van der Waals surface area contributed by atoms with E-state index in [2.05, 4.69) is 16.0 Å². The van der Waals surface area contributed by atoms with E-state index in [-0.39, 0.29) is 17.7 Å². The number of nitrogens with one attached hydrogen (secondary N) is 3. The lowest BCUT2D eigenvalue weighted by molar-refractivity contribution is -0.127. The predicted molar refractivity (Wildman–Crippen MR) is 82.8 cm³/mol. The van der Waals surface area contributed by atoms with Crippen molar-refractivity contribution in [1.29, 1.82) is 0 Å². The molecule has 20 heavy (non-hydrogen) atoms. The summed E-state index contributed by atoms with van der Waals surface area (Å²) in [7, 11) is 3.84. The molecule has 5 nitrogen and oxygen atoms in total. The standard InChI is InChI=1S/C15H31N3O2/c1-13(19)14(9-6-8-12-17-3)18-15(20)10-5-4-7-11-16-2/h14,16-17H,4-12H2,1-3H3,(H,18,20). The Bertz CT molecular complexity index is 270. The molecule has 0 saturated carbocycles. The van der Waals surface area contributed by atoms with Crippen molar-refractivity contribution in [3.8, 4) is 0 Å². The second kappa shape index (κ2) is 13.1. The molecule has 1 atom stereocenters. The number of amides is 1. The Morgan fingerprint density at radius 3 is 2.05 bits per heavy atom. The fraction of sp³-hybridized carbons (Fsp3) is 0.867. The molecule has 0 bridgehead atoms. The highest BCUT2D eigenvalue weighted by atomic mass is 16.2. The number of carbonyl (C=O) groups excluding carboxylic acids is 2. The fourth-order valence-electron chi connectivity index (χ4n) is 2.06. The van der Waals surface area contributed by atoms with Gasteiger partial charge in [-0.3, -0.25) is 9.59 Å². The molecular weight excluding hydrogens is 254 g/mol. The Hall–Kier alpha value is -0.940. The monoisotopic (exact) mass is 285 g/mol. The molecule has 0 heterocycles. The maximum Gasteiger partial charge on any atom is 0.220 e. The second-order valence-electron chi connectivity index (χ2n) is 5.24. The summed E-state index contributed by atoms with van der Waals surface area (Å²) >= 11 is 0. The lowest BCUT2D eigenvalue weighted by atomic mass is 10.1. The molecule has 3 N–H and O–H groups in total. The van der Waals surface area contributed by atoms with Crippen LogP contribution in [0, 0.1) is 0 Å². The van der Waals surface area contributed by atoms with E-state index in [4.69, 9.17) is 0 Å². The van der Waals surface area contributed by atoms with E-state index in [0.717, 1.165) is 51.6 Å². The van der Waals surface area contributed by atoms with E-state index >= 15 is 0 Å². The van der Waals surface area contributed by atoms with E-state index in [1.54, 1.807) is 6.92 Å². The average Bonchev–Trinajstić information content (AvgIpc) is 2.41. The second-order valence-corrected chi connectivity index (χ2v) is 5.24. The smallest absolute Gasteiger partial charge is 0.220 e. The molecule has 0 aliphatic carbocycles. The third-order valence-electron chi connectivity index (χ3n) is 3.33. The van der Waals surface area contributed by atoms with Gasteiger partial charge in [0.15, 0.2) is 5.78 Å². The summed E-state index contributed by atoms with van der Waals surface area (Å²) in [5.41, 5.74) is 0. The molecule has 0 aromatic carbocycles. The van der Waals surface area contributed by atoms with Crippen molar-refractivity contribution in [3.05, 3.63) is 0 Å². The SMILES string of the molecule is CNCCCCCC(=O)NC(CCCCNC)C(C)=O. The van der Waals surface area contributed by atoms with Crippen LogP contribution in [0.1, 0.15) is 51.9 Å². The number of carbonyl (C=O) groups is 2. The van der Waals surface area contributed by atoms with Gasteiger partial charge in [0.25, 0.3) is 0 Å². The van der Waals surface area contributed by atoms with Crippen LogP contribution in [0.3, 0.4) is 0 Å². The summed E-state index contributed by atoms with van der Waals surface area (Å²) in [6.07, 6.45) is 6.25. The number of Topliss-reactive ketones (excluding diaryl/α,β-unsaturated/α-hetero) is 1. The number of unbranched alkanes of at least 4 members (excludes halogenated alkanes) is 3. The topological polar surface area (TPSA) is 70.2 Å². The molecule has 0 aliphatic heterocycles. The Kier molecular flexibility index (Phi) is 12.4. The molecule has 0 aromatic rings. The lowest BCUT2D eigenvalue weighted by Gasteiger charge is -2.15. The van der Waals surface area contributed by atoms with Gasteiger partial charge in [-0.15, -0.1) is 0 Å². The summed E-state index contributed by atoms with van der Waals surface area (Å²) in [6, 6.07) is -0.309. The highest BCUT2D eigenvalue weighted by Gasteiger charge is 2.16. The van der Waals surface area contributed by atoms with Gasteiger partial charge in [0.2, 0.25) is 5.91 Å². The molecule has 0 spiro atoms. The van der Waals surface area contributed by atoms with Crippen LogP contribution in [0.5, 0.6) is 0 Å². The molecule has 118 valence electrons. The normalized spacial score (nSPS) is 12.2. The van der Waals surface area contributed by atoms with Crippen molar-refractivity contribution >= 4 is 11.7 Å². The minimum absolute atomic E-state index is 0.00303. The zero-order chi connectivity index (χ0) is 15.2. The van der Waals surface area contributed by atoms with Crippen LogP contribution in [-0.2, 0) is 9.59 Å². The first-order valence-electron chi connectivity index (χ1n) is 7.70. The van der Waals surface area contributed by atoms with Crippen molar-refractivity contribution in [2.24, 2.45) is 0 Å². The van der Waals surface area contributed by atoms with Gasteiger partial charge in [-0.2, -0.15) is 0 Å². The Morgan fingerprint density at radius 2 is 1.50 bits per heavy atom. The van der Waals surface area contributed by atoms with E-state index in [1.165, 1.54) is 0 Å². The van der Waals surface area contributed by atoms with Crippen molar-refractivity contribution in [2.45, 2.75) is 57.9 Å². The number of rotatable bonds is 13. The molecule has 0 radical (unpaired) electrons. The van der Waals surface area contributed by atoms with Gasteiger partial charge in [0.05, 0.1) is 6.04 Å². The molecule has 0 fully saturated rings. The van der Waals surface area contributed by atoms with Gasteiger partial charge in [-0.1, -0.05) is 6.42 Å². The summed E-state index contributed by atoms with van der Waals surface area (Å²) in [4.78, 5) is 23.3. The van der Waals surface area contributed by atoms with Gasteiger partial charge in [0, 0.05) is 6.42 Å². The quantitative estimate of drug-likeness (QED) is 0.445. The molecule has 0 aromatic heterocycles. The zero-order valence-electron chi connectivity index (χ0n) is 13.3. The average molecular weight is 285 g/mol. The van der Waals surface area contributed by atoms with Crippen LogP contribution in [-0.4, -0.2) is 44.9 Å². The van der Waals surface area contributed by atoms with E-state index in [0.29, 0.717) is 6.42 Å². The molecule has 0 rings (SSSR count). The Labute approximate surface area is 123 Å². The number of ketones is 1. The van der Waals surface area contributed by atoms with Crippen LogP contribution in [0.25, 0.3) is 0 Å². The van der Waals surface area contributed by atoms with Gasteiger partial charge in [-0.05, 0) is 66.2 Å². The Balaban J connectivity index is 3.81. The number of hydrogen-bond donors (Lipinski definition) is 3. The van der Waals surface area contributed by atoms with Gasteiger partial charge >= 0.3 is 0 Å². The summed E-state index contributed by atoms with van der Waals surface area (Å²) < 4.78 is 0. The molecule has 0 saturated heterocycles. The molecule has 0 aliphatic rings. The predicted octanol–water partition coefficient (Wildman–Crippen LogP) is 1.23. The maximum atomic E-state index is 11.8. The van der Waals surface area contributed by atoms with Gasteiger partial charge < -0.3 is 16.0 Å². The highest BCUT2D eigenvalue weighted by Crippen LogP contribution is 2.04.